The standard InChI is InChI=1S/C23H27NO3/c1-3-14-23(22(25)26-2)21-12-8-7-11-20(21)19(16-24-23)13-15-27-17-18-9-5-4-6-10-18/h4-13,24H,3,14-17H2,1-2H3/b19-13+. The summed E-state index contributed by atoms with van der Waals surface area (Å²) in [5.41, 5.74) is 3.61. The van der Waals surface area contributed by atoms with E-state index in [9.17, 15) is 4.79 Å². The van der Waals surface area contributed by atoms with Gasteiger partial charge in [0.1, 0.15) is 5.54 Å². The average Bonchev–Trinajstić information content (AvgIpc) is 2.72. The third kappa shape index (κ3) is 4.12. The van der Waals surface area contributed by atoms with E-state index in [4.69, 9.17) is 9.47 Å². The maximum atomic E-state index is 12.6. The molecule has 0 fully saturated rings. The normalized spacial score (nSPS) is 20.3. The maximum Gasteiger partial charge on any atom is 0.330 e. The molecule has 0 aromatic heterocycles. The van der Waals surface area contributed by atoms with Crippen LogP contribution in [0.2, 0.25) is 0 Å². The number of hydrogen-bond acceptors (Lipinski definition) is 4. The number of rotatable bonds is 7. The molecule has 142 valence electrons. The van der Waals surface area contributed by atoms with Crippen LogP contribution < -0.4 is 5.32 Å². The Morgan fingerprint density at radius 1 is 1.15 bits per heavy atom. The summed E-state index contributed by atoms with van der Waals surface area (Å²) in [6.07, 6.45) is 3.69. The summed E-state index contributed by atoms with van der Waals surface area (Å²) < 4.78 is 10.9. The Morgan fingerprint density at radius 2 is 1.89 bits per heavy atom. The zero-order valence-electron chi connectivity index (χ0n) is 16.0. The van der Waals surface area contributed by atoms with Gasteiger partial charge in [-0.25, -0.2) is 4.79 Å². The molecule has 0 saturated carbocycles. The van der Waals surface area contributed by atoms with Crippen molar-refractivity contribution in [1.29, 1.82) is 0 Å². The first kappa shape index (κ1) is 19.3. The smallest absolute Gasteiger partial charge is 0.330 e. The van der Waals surface area contributed by atoms with Crippen LogP contribution in [0.15, 0.2) is 60.7 Å². The molecule has 2 aromatic carbocycles. The molecule has 0 saturated heterocycles. The number of hydrogen-bond donors (Lipinski definition) is 1. The van der Waals surface area contributed by atoms with E-state index in [0.29, 0.717) is 26.2 Å². The van der Waals surface area contributed by atoms with Gasteiger partial charge in [-0.15, -0.1) is 0 Å². The third-order valence-electron chi connectivity index (χ3n) is 5.03. The zero-order valence-corrected chi connectivity index (χ0v) is 16.0. The molecular formula is C23H27NO3. The molecule has 1 N–H and O–H groups in total. The van der Waals surface area contributed by atoms with E-state index in [1.54, 1.807) is 0 Å². The highest BCUT2D eigenvalue weighted by Gasteiger charge is 2.44. The van der Waals surface area contributed by atoms with Gasteiger partial charge in [-0.2, -0.15) is 0 Å². The number of ether oxygens (including phenoxy) is 2. The molecule has 1 aliphatic heterocycles. The second-order valence-corrected chi connectivity index (χ2v) is 6.78. The van der Waals surface area contributed by atoms with Crippen LogP contribution in [0.1, 0.15) is 36.5 Å². The molecule has 0 bridgehead atoms. The Morgan fingerprint density at radius 3 is 2.63 bits per heavy atom. The van der Waals surface area contributed by atoms with Crippen molar-refractivity contribution in [2.24, 2.45) is 0 Å². The molecule has 1 atom stereocenters. The van der Waals surface area contributed by atoms with Gasteiger partial charge in [-0.05, 0) is 28.7 Å². The van der Waals surface area contributed by atoms with Crippen LogP contribution in [-0.2, 0) is 26.4 Å². The largest absolute Gasteiger partial charge is 0.467 e. The molecule has 1 unspecified atom stereocenters. The fraction of sp³-hybridized carbons (Fsp3) is 0.348. The summed E-state index contributed by atoms with van der Waals surface area (Å²) in [7, 11) is 1.45. The van der Waals surface area contributed by atoms with Crippen LogP contribution >= 0.6 is 0 Å². The van der Waals surface area contributed by atoms with Gasteiger partial charge in [0.15, 0.2) is 0 Å². The lowest BCUT2D eigenvalue weighted by Crippen LogP contribution is -2.53. The maximum absolute atomic E-state index is 12.6. The number of carbonyl (C=O) groups is 1. The summed E-state index contributed by atoms with van der Waals surface area (Å²) in [6, 6.07) is 18.2. The van der Waals surface area contributed by atoms with Gasteiger partial charge in [-0.1, -0.05) is 74.0 Å². The number of fused-ring (bicyclic) bond motifs is 1. The summed E-state index contributed by atoms with van der Waals surface area (Å²) in [5.74, 6) is -0.226. The van der Waals surface area contributed by atoms with Crippen molar-refractivity contribution in [3.05, 3.63) is 77.4 Å². The summed E-state index contributed by atoms with van der Waals surface area (Å²) in [6.45, 7) is 3.81. The molecule has 1 heterocycles. The van der Waals surface area contributed by atoms with Gasteiger partial charge >= 0.3 is 5.97 Å². The fourth-order valence-electron chi connectivity index (χ4n) is 3.72. The van der Waals surface area contributed by atoms with Crippen LogP contribution in [0.25, 0.3) is 5.57 Å². The van der Waals surface area contributed by atoms with Crippen molar-refractivity contribution in [2.45, 2.75) is 31.9 Å². The van der Waals surface area contributed by atoms with E-state index < -0.39 is 5.54 Å². The van der Waals surface area contributed by atoms with Crippen LogP contribution in [0.4, 0.5) is 0 Å². The Kier molecular flexibility index (Phi) is 6.43. The Balaban J connectivity index is 1.79. The van der Waals surface area contributed by atoms with Crippen molar-refractivity contribution >= 4 is 11.5 Å². The highest BCUT2D eigenvalue weighted by Crippen LogP contribution is 2.37. The van der Waals surface area contributed by atoms with Crippen LogP contribution in [-0.4, -0.2) is 26.2 Å². The molecule has 3 rings (SSSR count). The van der Waals surface area contributed by atoms with E-state index in [1.807, 2.05) is 36.4 Å². The number of esters is 1. The lowest BCUT2D eigenvalue weighted by Gasteiger charge is -2.38. The van der Waals surface area contributed by atoms with Gasteiger partial charge < -0.3 is 9.47 Å². The van der Waals surface area contributed by atoms with Crippen molar-refractivity contribution in [1.82, 2.24) is 5.32 Å². The quantitative estimate of drug-likeness (QED) is 0.594. The van der Waals surface area contributed by atoms with Crippen molar-refractivity contribution in [2.75, 3.05) is 20.3 Å². The Hall–Kier alpha value is -2.43. The monoisotopic (exact) mass is 365 g/mol. The van der Waals surface area contributed by atoms with E-state index in [2.05, 4.69) is 36.5 Å². The highest BCUT2D eigenvalue weighted by molar-refractivity contribution is 5.88. The summed E-state index contributed by atoms with van der Waals surface area (Å²) >= 11 is 0. The third-order valence-corrected chi connectivity index (χ3v) is 5.03. The van der Waals surface area contributed by atoms with Gasteiger partial charge in [0.25, 0.3) is 0 Å². The average molecular weight is 365 g/mol. The number of nitrogens with one attached hydrogen (secondary N) is 1. The summed E-state index contributed by atoms with van der Waals surface area (Å²) in [4.78, 5) is 12.6. The molecule has 27 heavy (non-hydrogen) atoms. The van der Waals surface area contributed by atoms with Gasteiger partial charge in [0.2, 0.25) is 0 Å². The second kappa shape index (κ2) is 8.98. The van der Waals surface area contributed by atoms with E-state index in [1.165, 1.54) is 7.11 Å². The van der Waals surface area contributed by atoms with E-state index in [-0.39, 0.29) is 5.97 Å². The summed E-state index contributed by atoms with van der Waals surface area (Å²) in [5, 5.41) is 3.45. The number of benzene rings is 2. The second-order valence-electron chi connectivity index (χ2n) is 6.78. The Labute approximate surface area is 161 Å². The minimum Gasteiger partial charge on any atom is -0.467 e. The van der Waals surface area contributed by atoms with Crippen LogP contribution in [0.5, 0.6) is 0 Å². The van der Waals surface area contributed by atoms with Crippen molar-refractivity contribution in [3.63, 3.8) is 0 Å². The molecule has 1 aliphatic rings. The molecule has 0 radical (unpaired) electrons. The molecule has 2 aromatic rings. The molecule has 4 heteroatoms. The van der Waals surface area contributed by atoms with Crippen LogP contribution in [0.3, 0.4) is 0 Å². The first-order valence-corrected chi connectivity index (χ1v) is 9.45. The topological polar surface area (TPSA) is 47.6 Å². The minimum absolute atomic E-state index is 0.226. The predicted octanol–water partition coefficient (Wildman–Crippen LogP) is 4.06. The van der Waals surface area contributed by atoms with E-state index >= 15 is 0 Å². The SMILES string of the molecule is CCCC1(C(=O)OC)NC/C(=C\COCc2ccccc2)c2ccccc21. The fourth-order valence-corrected chi connectivity index (χ4v) is 3.72. The number of methoxy groups -OCH3 is 1. The van der Waals surface area contributed by atoms with Gasteiger partial charge in [0, 0.05) is 6.54 Å². The highest BCUT2D eigenvalue weighted by atomic mass is 16.5. The van der Waals surface area contributed by atoms with E-state index in [0.717, 1.165) is 28.7 Å². The molecule has 0 aliphatic carbocycles. The predicted molar refractivity (Wildman–Crippen MR) is 107 cm³/mol. The first-order valence-electron chi connectivity index (χ1n) is 9.45. The lowest BCUT2D eigenvalue weighted by molar-refractivity contribution is -0.149. The molecule has 4 nitrogen and oxygen atoms in total. The van der Waals surface area contributed by atoms with Crippen molar-refractivity contribution < 1.29 is 14.3 Å². The molecular weight excluding hydrogens is 338 g/mol. The Bertz CT molecular complexity index is 800. The minimum atomic E-state index is -0.775. The van der Waals surface area contributed by atoms with Crippen molar-refractivity contribution in [3.8, 4) is 0 Å². The lowest BCUT2D eigenvalue weighted by atomic mass is 9.77. The molecule has 0 amide bonds. The first-order chi connectivity index (χ1) is 13.2. The van der Waals surface area contributed by atoms with Crippen LogP contribution in [0, 0.1) is 0 Å². The zero-order chi connectivity index (χ0) is 19.1. The number of carbonyl (C=O) groups excluding carboxylic acids is 1. The van der Waals surface area contributed by atoms with Gasteiger partial charge in [-0.3, -0.25) is 5.32 Å². The molecule has 0 spiro atoms. The van der Waals surface area contributed by atoms with Gasteiger partial charge in [0.05, 0.1) is 20.3 Å².